The van der Waals surface area contributed by atoms with Gasteiger partial charge in [-0.25, -0.2) is 0 Å². The van der Waals surface area contributed by atoms with E-state index in [1.807, 2.05) is 6.07 Å². The molecule has 0 radical (unpaired) electrons. The van der Waals surface area contributed by atoms with Gasteiger partial charge in [-0.3, -0.25) is 14.4 Å². The van der Waals surface area contributed by atoms with Gasteiger partial charge in [-0.1, -0.05) is 6.07 Å². The number of esters is 1. The molecule has 4 rings (SSSR count). The zero-order valence-electron chi connectivity index (χ0n) is 16.2. The highest BCUT2D eigenvalue weighted by Crippen LogP contribution is 2.27. The van der Waals surface area contributed by atoms with Crippen LogP contribution in [0.1, 0.15) is 40.7 Å². The van der Waals surface area contributed by atoms with Gasteiger partial charge in [-0.15, -0.1) is 11.8 Å². The molecule has 0 bridgehead atoms. The van der Waals surface area contributed by atoms with Crippen LogP contribution in [0.2, 0.25) is 0 Å². The van der Waals surface area contributed by atoms with Crippen LogP contribution in [0, 0.1) is 0 Å². The summed E-state index contributed by atoms with van der Waals surface area (Å²) in [7, 11) is 0. The number of Topliss-reactive ketones (excluding diaryl/α,β-unsaturated/α-hetero) is 1. The Labute approximate surface area is 174 Å². The maximum Gasteiger partial charge on any atom is 0.316 e. The van der Waals surface area contributed by atoms with Gasteiger partial charge >= 0.3 is 5.97 Å². The second-order valence-electron chi connectivity index (χ2n) is 7.35. The van der Waals surface area contributed by atoms with Crippen molar-refractivity contribution in [1.82, 2.24) is 0 Å². The fraction of sp³-hybridized carbons (Fsp3) is 0.348. The molecule has 0 N–H and O–H groups in total. The van der Waals surface area contributed by atoms with Gasteiger partial charge in [0.25, 0.3) is 0 Å². The fourth-order valence-electron chi connectivity index (χ4n) is 3.80. The van der Waals surface area contributed by atoms with Crippen LogP contribution >= 0.6 is 11.8 Å². The molecule has 5 nitrogen and oxygen atoms in total. The van der Waals surface area contributed by atoms with Crippen LogP contribution in [-0.4, -0.2) is 36.6 Å². The summed E-state index contributed by atoms with van der Waals surface area (Å²) < 4.78 is 5.15. The molecule has 2 aromatic rings. The fourth-order valence-corrected chi connectivity index (χ4v) is 4.56. The van der Waals surface area contributed by atoms with Gasteiger partial charge in [-0.05, 0) is 73.2 Å². The summed E-state index contributed by atoms with van der Waals surface area (Å²) in [4.78, 5) is 38.9. The SMILES string of the molecule is O=C(CSc1ccc2c(c1)CCC2)OCC(=O)c1ccc(N2CCCC2=O)cc1. The number of benzene rings is 2. The molecule has 1 fully saturated rings. The maximum atomic E-state index is 12.3. The van der Waals surface area contributed by atoms with Crippen LogP contribution in [0.15, 0.2) is 47.4 Å². The Morgan fingerprint density at radius 2 is 1.76 bits per heavy atom. The molecule has 1 aliphatic heterocycles. The monoisotopic (exact) mass is 409 g/mol. The number of hydrogen-bond donors (Lipinski definition) is 0. The Kier molecular flexibility index (Phi) is 6.00. The number of nitrogens with zero attached hydrogens (tertiary/aromatic N) is 1. The molecule has 0 spiro atoms. The van der Waals surface area contributed by atoms with Crippen LogP contribution < -0.4 is 4.90 Å². The van der Waals surface area contributed by atoms with E-state index in [1.54, 1.807) is 29.2 Å². The number of thioether (sulfide) groups is 1. The minimum Gasteiger partial charge on any atom is -0.457 e. The molecule has 0 atom stereocenters. The number of amides is 1. The lowest BCUT2D eigenvalue weighted by molar-refractivity contribution is -0.139. The second-order valence-corrected chi connectivity index (χ2v) is 8.40. The lowest BCUT2D eigenvalue weighted by Gasteiger charge is -2.15. The number of aryl methyl sites for hydroxylation is 2. The van der Waals surface area contributed by atoms with E-state index in [4.69, 9.17) is 4.74 Å². The van der Waals surface area contributed by atoms with Crippen LogP contribution in [-0.2, 0) is 27.2 Å². The van der Waals surface area contributed by atoms with Crippen LogP contribution in [0.5, 0.6) is 0 Å². The van der Waals surface area contributed by atoms with Crippen molar-refractivity contribution in [2.75, 3.05) is 23.8 Å². The van der Waals surface area contributed by atoms with Gasteiger partial charge in [0.05, 0.1) is 5.75 Å². The molecule has 2 aliphatic rings. The topological polar surface area (TPSA) is 63.7 Å². The smallest absolute Gasteiger partial charge is 0.316 e. The summed E-state index contributed by atoms with van der Waals surface area (Å²) in [5, 5.41) is 0. The van der Waals surface area contributed by atoms with Crippen LogP contribution in [0.25, 0.3) is 0 Å². The number of ketones is 1. The van der Waals surface area contributed by atoms with Gasteiger partial charge < -0.3 is 9.64 Å². The van der Waals surface area contributed by atoms with Gasteiger partial charge in [-0.2, -0.15) is 0 Å². The largest absolute Gasteiger partial charge is 0.457 e. The first-order valence-corrected chi connectivity index (χ1v) is 10.9. The number of rotatable bonds is 7. The first-order valence-electron chi connectivity index (χ1n) is 9.94. The van der Waals surface area contributed by atoms with Crippen molar-refractivity contribution < 1.29 is 19.1 Å². The maximum absolute atomic E-state index is 12.3. The third-order valence-electron chi connectivity index (χ3n) is 5.37. The highest BCUT2D eigenvalue weighted by atomic mass is 32.2. The molecule has 1 amide bonds. The van der Waals surface area contributed by atoms with E-state index in [0.717, 1.165) is 29.8 Å². The summed E-state index contributed by atoms with van der Waals surface area (Å²) in [6.45, 7) is 0.442. The number of ether oxygens (including phenoxy) is 1. The Balaban J connectivity index is 1.24. The number of fused-ring (bicyclic) bond motifs is 1. The standard InChI is InChI=1S/C23H23NO4S/c25-21(17-6-9-19(10-7-17)24-12-2-5-22(24)26)14-28-23(27)15-29-20-11-8-16-3-1-4-18(16)13-20/h6-11,13H,1-5,12,14-15H2. The zero-order valence-corrected chi connectivity index (χ0v) is 17.0. The van der Waals surface area contributed by atoms with Gasteiger partial charge in [0, 0.05) is 29.1 Å². The Morgan fingerprint density at radius 3 is 2.52 bits per heavy atom. The molecule has 0 aromatic heterocycles. The van der Waals surface area contributed by atoms with Gasteiger partial charge in [0.1, 0.15) is 0 Å². The van der Waals surface area contributed by atoms with Crippen molar-refractivity contribution in [3.05, 3.63) is 59.2 Å². The molecule has 0 saturated carbocycles. The number of hydrogen-bond acceptors (Lipinski definition) is 5. The second kappa shape index (κ2) is 8.82. The summed E-state index contributed by atoms with van der Waals surface area (Å²) in [5.74, 6) is -0.357. The highest BCUT2D eigenvalue weighted by Gasteiger charge is 2.21. The van der Waals surface area contributed by atoms with Crippen LogP contribution in [0.4, 0.5) is 5.69 Å². The van der Waals surface area contributed by atoms with Crippen molar-refractivity contribution in [3.8, 4) is 0 Å². The Morgan fingerprint density at radius 1 is 0.966 bits per heavy atom. The summed E-state index contributed by atoms with van der Waals surface area (Å²) >= 11 is 1.43. The summed E-state index contributed by atoms with van der Waals surface area (Å²) in [6, 6.07) is 13.2. The minimum absolute atomic E-state index is 0.110. The minimum atomic E-state index is -0.400. The lowest BCUT2D eigenvalue weighted by atomic mass is 10.1. The van der Waals surface area contributed by atoms with E-state index in [2.05, 4.69) is 12.1 Å². The van der Waals surface area contributed by atoms with Crippen molar-refractivity contribution in [2.24, 2.45) is 0 Å². The van der Waals surface area contributed by atoms with E-state index < -0.39 is 5.97 Å². The predicted octanol–water partition coefficient (Wildman–Crippen LogP) is 3.82. The third-order valence-corrected chi connectivity index (χ3v) is 6.33. The van der Waals surface area contributed by atoms with Crippen molar-refractivity contribution in [3.63, 3.8) is 0 Å². The molecule has 29 heavy (non-hydrogen) atoms. The van der Waals surface area contributed by atoms with E-state index in [-0.39, 0.29) is 24.1 Å². The number of carbonyl (C=O) groups is 3. The molecule has 1 heterocycles. The van der Waals surface area contributed by atoms with E-state index in [0.29, 0.717) is 18.5 Å². The molecule has 2 aromatic carbocycles. The average Bonchev–Trinajstić information content (AvgIpc) is 3.38. The molecular formula is C23H23NO4S. The lowest BCUT2D eigenvalue weighted by Crippen LogP contribution is -2.23. The van der Waals surface area contributed by atoms with E-state index >= 15 is 0 Å². The first kappa shape index (κ1) is 19.7. The summed E-state index contributed by atoms with van der Waals surface area (Å²) in [5.41, 5.74) is 4.05. The van der Waals surface area contributed by atoms with Crippen molar-refractivity contribution >= 4 is 35.1 Å². The molecule has 0 unspecified atom stereocenters. The summed E-state index contributed by atoms with van der Waals surface area (Å²) in [6.07, 6.45) is 4.87. The van der Waals surface area contributed by atoms with Crippen molar-refractivity contribution in [1.29, 1.82) is 0 Å². The molecule has 1 aliphatic carbocycles. The predicted molar refractivity (Wildman–Crippen MR) is 113 cm³/mol. The molecule has 6 heteroatoms. The van der Waals surface area contributed by atoms with Crippen molar-refractivity contribution in [2.45, 2.75) is 37.0 Å². The Bertz CT molecular complexity index is 938. The first-order chi connectivity index (χ1) is 14.1. The molecular weight excluding hydrogens is 386 g/mol. The molecule has 150 valence electrons. The van der Waals surface area contributed by atoms with Gasteiger partial charge in [0.2, 0.25) is 5.91 Å². The highest BCUT2D eigenvalue weighted by molar-refractivity contribution is 8.00. The average molecular weight is 410 g/mol. The zero-order chi connectivity index (χ0) is 20.2. The normalized spacial score (nSPS) is 15.4. The molecule has 1 saturated heterocycles. The van der Waals surface area contributed by atoms with Crippen LogP contribution in [0.3, 0.4) is 0 Å². The number of anilines is 1. The van der Waals surface area contributed by atoms with Gasteiger partial charge in [0.15, 0.2) is 12.4 Å². The Hall–Kier alpha value is -2.60. The van der Waals surface area contributed by atoms with E-state index in [1.165, 1.54) is 29.3 Å². The quantitative estimate of drug-likeness (QED) is 0.395. The number of carbonyl (C=O) groups excluding carboxylic acids is 3. The third kappa shape index (κ3) is 4.70. The van der Waals surface area contributed by atoms with E-state index in [9.17, 15) is 14.4 Å².